The van der Waals surface area contributed by atoms with Gasteiger partial charge in [-0.3, -0.25) is 4.79 Å². The number of rotatable bonds is 9. The van der Waals surface area contributed by atoms with Crippen molar-refractivity contribution in [3.63, 3.8) is 0 Å². The number of amides is 1. The van der Waals surface area contributed by atoms with E-state index in [0.717, 1.165) is 50.2 Å². The first kappa shape index (κ1) is 26.5. The molecule has 2 heterocycles. The number of aromatic amines is 1. The van der Waals surface area contributed by atoms with Crippen LogP contribution >= 0.6 is 0 Å². The zero-order valence-electron chi connectivity index (χ0n) is 24.0. The highest BCUT2D eigenvalue weighted by atomic mass is 16.5. The lowest BCUT2D eigenvalue weighted by molar-refractivity contribution is -0.121. The third-order valence-corrected chi connectivity index (χ3v) is 8.09. The van der Waals surface area contributed by atoms with Crippen LogP contribution in [-0.4, -0.2) is 27.6 Å². The summed E-state index contributed by atoms with van der Waals surface area (Å²) in [6, 6.07) is 38.6. The van der Waals surface area contributed by atoms with Gasteiger partial charge < -0.3 is 19.6 Å². The third kappa shape index (κ3) is 5.47. The number of nitrogens with zero attached hydrogens (tertiary/aromatic N) is 2. The minimum absolute atomic E-state index is 0.0436. The average molecular weight is 565 g/mol. The molecule has 7 rings (SSSR count). The van der Waals surface area contributed by atoms with Crippen molar-refractivity contribution in [2.24, 2.45) is 0 Å². The summed E-state index contributed by atoms with van der Waals surface area (Å²) in [6.45, 7) is 0.600. The first-order valence-corrected chi connectivity index (χ1v) is 14.5. The molecule has 212 valence electrons. The van der Waals surface area contributed by atoms with Crippen LogP contribution in [0.5, 0.6) is 5.75 Å². The first-order valence-electron chi connectivity index (χ1n) is 14.5. The number of imidazole rings is 1. The van der Waals surface area contributed by atoms with Crippen LogP contribution in [0, 0.1) is 0 Å². The number of nitrogens with one attached hydrogen (secondary N) is 2. The Bertz CT molecular complexity index is 2060. The maximum atomic E-state index is 13.5. The quantitative estimate of drug-likeness (QED) is 0.192. The molecule has 0 spiro atoms. The summed E-state index contributed by atoms with van der Waals surface area (Å²) < 4.78 is 7.83. The minimum Gasteiger partial charge on any atom is -0.497 e. The minimum atomic E-state index is -0.366. The number of hydrogen-bond donors (Lipinski definition) is 2. The second-order valence-electron chi connectivity index (χ2n) is 10.9. The van der Waals surface area contributed by atoms with Crippen LogP contribution < -0.4 is 10.1 Å². The SMILES string of the molecule is COc1ccc2nc(C(Cc3c[nH]c4ccccc34)NC(=O)Cc3ccccc3)n(Cc3ccc4ccccc4c3)c2c1. The predicted octanol–water partition coefficient (Wildman–Crippen LogP) is 7.37. The summed E-state index contributed by atoms with van der Waals surface area (Å²) in [7, 11) is 1.68. The standard InChI is InChI=1S/C37H32N4O2/c1-43-30-17-18-33-35(22-30)41(24-26-15-16-27-11-5-6-12-28(27)19-26)37(40-33)34(39-36(42)20-25-9-3-2-4-10-25)21-29-23-38-32-14-8-7-13-31(29)32/h2-19,22-23,34,38H,20-21,24H2,1H3,(H,39,42). The van der Waals surface area contributed by atoms with Gasteiger partial charge in [-0.2, -0.15) is 0 Å². The van der Waals surface area contributed by atoms with Crippen LogP contribution in [-0.2, 0) is 24.2 Å². The number of methoxy groups -OCH3 is 1. The van der Waals surface area contributed by atoms with E-state index >= 15 is 0 Å². The molecule has 0 saturated carbocycles. The van der Waals surface area contributed by atoms with Crippen molar-refractivity contribution in [2.75, 3.05) is 7.11 Å². The van der Waals surface area contributed by atoms with Gasteiger partial charge in [0, 0.05) is 36.1 Å². The van der Waals surface area contributed by atoms with Gasteiger partial charge in [0.05, 0.1) is 30.6 Å². The normalized spacial score (nSPS) is 12.1. The van der Waals surface area contributed by atoms with Crippen LogP contribution in [0.1, 0.15) is 28.6 Å². The van der Waals surface area contributed by atoms with Gasteiger partial charge in [-0.15, -0.1) is 0 Å². The van der Waals surface area contributed by atoms with E-state index in [2.05, 4.69) is 69.5 Å². The van der Waals surface area contributed by atoms with Gasteiger partial charge >= 0.3 is 0 Å². The predicted molar refractivity (Wildman–Crippen MR) is 172 cm³/mol. The number of aromatic nitrogens is 3. The molecule has 2 aromatic heterocycles. The number of H-pyrrole nitrogens is 1. The van der Waals surface area contributed by atoms with Crippen LogP contribution in [0.2, 0.25) is 0 Å². The smallest absolute Gasteiger partial charge is 0.225 e. The first-order chi connectivity index (χ1) is 21.1. The number of fused-ring (bicyclic) bond motifs is 3. The van der Waals surface area contributed by atoms with E-state index in [0.29, 0.717) is 19.4 Å². The molecule has 6 nitrogen and oxygen atoms in total. The Labute approximate surface area is 250 Å². The van der Waals surface area contributed by atoms with Crippen molar-refractivity contribution in [2.45, 2.75) is 25.4 Å². The maximum Gasteiger partial charge on any atom is 0.225 e. The molecule has 43 heavy (non-hydrogen) atoms. The molecule has 7 aromatic rings. The summed E-state index contributed by atoms with van der Waals surface area (Å²) in [6.07, 6.45) is 2.92. The van der Waals surface area contributed by atoms with Crippen molar-refractivity contribution in [1.82, 2.24) is 19.9 Å². The Morgan fingerprint density at radius 1 is 0.860 bits per heavy atom. The van der Waals surface area contributed by atoms with Crippen molar-refractivity contribution in [3.8, 4) is 5.75 Å². The molecule has 0 saturated heterocycles. The molecule has 0 aliphatic carbocycles. The molecule has 1 atom stereocenters. The fourth-order valence-corrected chi connectivity index (χ4v) is 5.95. The number of carbonyl (C=O) groups is 1. The number of para-hydroxylation sites is 1. The molecule has 1 unspecified atom stereocenters. The van der Waals surface area contributed by atoms with Gasteiger partial charge in [-0.1, -0.05) is 84.9 Å². The summed E-state index contributed by atoms with van der Waals surface area (Å²) in [5.74, 6) is 1.53. The fraction of sp³-hybridized carbons (Fsp3) is 0.135. The monoisotopic (exact) mass is 564 g/mol. The summed E-state index contributed by atoms with van der Waals surface area (Å²) >= 11 is 0. The van der Waals surface area contributed by atoms with Gasteiger partial charge in [0.1, 0.15) is 11.6 Å². The van der Waals surface area contributed by atoms with E-state index in [1.807, 2.05) is 66.9 Å². The molecule has 5 aromatic carbocycles. The Kier molecular flexibility index (Phi) is 7.09. The summed E-state index contributed by atoms with van der Waals surface area (Å²) in [4.78, 5) is 22.1. The van der Waals surface area contributed by atoms with Gasteiger partial charge in [-0.05, 0) is 51.7 Å². The summed E-state index contributed by atoms with van der Waals surface area (Å²) in [5.41, 5.74) is 6.15. The van der Waals surface area contributed by atoms with E-state index in [4.69, 9.17) is 9.72 Å². The third-order valence-electron chi connectivity index (χ3n) is 8.09. The number of ether oxygens (including phenoxy) is 1. The number of hydrogen-bond acceptors (Lipinski definition) is 3. The lowest BCUT2D eigenvalue weighted by atomic mass is 10.0. The van der Waals surface area contributed by atoms with Gasteiger partial charge in [0.15, 0.2) is 0 Å². The topological polar surface area (TPSA) is 71.9 Å². The second kappa shape index (κ2) is 11.5. The van der Waals surface area contributed by atoms with Crippen LogP contribution in [0.15, 0.2) is 121 Å². The number of carbonyl (C=O) groups excluding carboxylic acids is 1. The molecular formula is C37H32N4O2. The van der Waals surface area contributed by atoms with Gasteiger partial charge in [-0.25, -0.2) is 4.98 Å². The van der Waals surface area contributed by atoms with E-state index in [-0.39, 0.29) is 11.9 Å². The van der Waals surface area contributed by atoms with Crippen LogP contribution in [0.25, 0.3) is 32.7 Å². The molecule has 2 N–H and O–H groups in total. The van der Waals surface area contributed by atoms with Crippen molar-refractivity contribution >= 4 is 38.6 Å². The molecule has 0 aliphatic heterocycles. The highest BCUT2D eigenvalue weighted by molar-refractivity contribution is 5.85. The zero-order valence-corrected chi connectivity index (χ0v) is 24.0. The number of benzene rings is 5. The molecule has 0 bridgehead atoms. The van der Waals surface area contributed by atoms with E-state index in [1.54, 1.807) is 7.11 Å². The highest BCUT2D eigenvalue weighted by Gasteiger charge is 2.25. The second-order valence-corrected chi connectivity index (χ2v) is 10.9. The zero-order chi connectivity index (χ0) is 29.2. The van der Waals surface area contributed by atoms with Gasteiger partial charge in [0.25, 0.3) is 0 Å². The molecule has 1 amide bonds. The van der Waals surface area contributed by atoms with Crippen LogP contribution in [0.3, 0.4) is 0 Å². The molecule has 0 aliphatic rings. The van der Waals surface area contributed by atoms with Crippen molar-refractivity contribution in [3.05, 3.63) is 144 Å². The fourth-order valence-electron chi connectivity index (χ4n) is 5.95. The Hall–Kier alpha value is -5.36. The van der Waals surface area contributed by atoms with Crippen molar-refractivity contribution < 1.29 is 9.53 Å². The largest absolute Gasteiger partial charge is 0.497 e. The van der Waals surface area contributed by atoms with E-state index in [9.17, 15) is 4.79 Å². The highest BCUT2D eigenvalue weighted by Crippen LogP contribution is 2.30. The molecule has 0 radical (unpaired) electrons. The summed E-state index contributed by atoms with van der Waals surface area (Å²) in [5, 5.41) is 6.90. The molecule has 0 fully saturated rings. The lowest BCUT2D eigenvalue weighted by Crippen LogP contribution is -2.33. The van der Waals surface area contributed by atoms with Crippen LogP contribution in [0.4, 0.5) is 0 Å². The van der Waals surface area contributed by atoms with E-state index in [1.165, 1.54) is 10.8 Å². The van der Waals surface area contributed by atoms with E-state index < -0.39 is 0 Å². The molecular weight excluding hydrogens is 532 g/mol. The molecule has 6 heteroatoms. The van der Waals surface area contributed by atoms with Crippen molar-refractivity contribution in [1.29, 1.82) is 0 Å². The Morgan fingerprint density at radius 2 is 1.65 bits per heavy atom. The lowest BCUT2D eigenvalue weighted by Gasteiger charge is -2.21. The maximum absolute atomic E-state index is 13.5. The Balaban J connectivity index is 1.33. The Morgan fingerprint density at radius 3 is 2.51 bits per heavy atom. The average Bonchev–Trinajstić information content (AvgIpc) is 3.62. The van der Waals surface area contributed by atoms with Gasteiger partial charge in [0.2, 0.25) is 5.91 Å².